The maximum absolute atomic E-state index is 13.5. The van der Waals surface area contributed by atoms with Crippen LogP contribution in [-0.4, -0.2) is 40.5 Å². The molecular weight excluding hydrogens is 373 g/mol. The first-order valence-electron chi connectivity index (χ1n) is 9.71. The summed E-state index contributed by atoms with van der Waals surface area (Å²) in [5.74, 6) is 1.73. The molecule has 1 N–H and O–H groups in total. The van der Waals surface area contributed by atoms with Gasteiger partial charge in [-0.1, -0.05) is 6.07 Å². The summed E-state index contributed by atoms with van der Waals surface area (Å²) in [6, 6.07) is 9.94. The predicted molar refractivity (Wildman–Crippen MR) is 106 cm³/mol. The van der Waals surface area contributed by atoms with Crippen LogP contribution in [0.2, 0.25) is 0 Å². The zero-order valence-electron chi connectivity index (χ0n) is 15.7. The number of benzene rings is 2. The third kappa shape index (κ3) is 3.44. The van der Waals surface area contributed by atoms with Crippen LogP contribution in [0, 0.1) is 5.82 Å². The van der Waals surface area contributed by atoms with Crippen molar-refractivity contribution in [2.75, 3.05) is 19.8 Å². The molecule has 1 unspecified atom stereocenters. The van der Waals surface area contributed by atoms with Gasteiger partial charge in [0.25, 0.3) is 0 Å². The van der Waals surface area contributed by atoms with Crippen molar-refractivity contribution in [1.82, 2.24) is 14.9 Å². The molecule has 1 atom stereocenters. The standard InChI is InChI=1S/C22H20FN3O3/c23-15-5-6-16-17(13-15)25-22(24-16)18-2-1-9-26(18)21(27)8-4-14-3-7-19-20(12-14)29-11-10-28-19/h3-8,12-13,18H,1-2,9-11H2,(H,24,25)/b8-4+. The monoisotopic (exact) mass is 393 g/mol. The molecule has 1 saturated heterocycles. The molecule has 1 fully saturated rings. The van der Waals surface area contributed by atoms with Gasteiger partial charge in [-0.2, -0.15) is 0 Å². The molecule has 3 aromatic rings. The van der Waals surface area contributed by atoms with Crippen molar-refractivity contribution in [3.8, 4) is 11.5 Å². The number of rotatable bonds is 3. The second-order valence-corrected chi connectivity index (χ2v) is 7.21. The highest BCUT2D eigenvalue weighted by Gasteiger charge is 2.31. The lowest BCUT2D eigenvalue weighted by Gasteiger charge is -2.21. The summed E-state index contributed by atoms with van der Waals surface area (Å²) in [5, 5.41) is 0. The molecule has 29 heavy (non-hydrogen) atoms. The van der Waals surface area contributed by atoms with Crippen molar-refractivity contribution in [1.29, 1.82) is 0 Å². The van der Waals surface area contributed by atoms with Gasteiger partial charge in [0.05, 0.1) is 17.1 Å². The summed E-state index contributed by atoms with van der Waals surface area (Å²) >= 11 is 0. The fraction of sp³-hybridized carbons (Fsp3) is 0.273. The maximum Gasteiger partial charge on any atom is 0.247 e. The number of H-pyrrole nitrogens is 1. The molecule has 0 aliphatic carbocycles. The van der Waals surface area contributed by atoms with Gasteiger partial charge in [-0.05, 0) is 54.8 Å². The van der Waals surface area contributed by atoms with Gasteiger partial charge in [-0.25, -0.2) is 9.37 Å². The van der Waals surface area contributed by atoms with Gasteiger partial charge in [0.2, 0.25) is 5.91 Å². The molecule has 0 radical (unpaired) electrons. The largest absolute Gasteiger partial charge is 0.486 e. The number of aromatic nitrogens is 2. The number of aromatic amines is 1. The fourth-order valence-corrected chi connectivity index (χ4v) is 3.90. The van der Waals surface area contributed by atoms with E-state index >= 15 is 0 Å². The number of imidazole rings is 1. The first kappa shape index (κ1) is 17.7. The molecule has 0 saturated carbocycles. The van der Waals surface area contributed by atoms with Gasteiger partial charge in [-0.15, -0.1) is 0 Å². The molecule has 6 nitrogen and oxygen atoms in total. The lowest BCUT2D eigenvalue weighted by molar-refractivity contribution is -0.126. The SMILES string of the molecule is O=C(/C=C/c1ccc2c(c1)OCCO2)N1CCCC1c1nc2ccc(F)cc2[nH]1. The van der Waals surface area contributed by atoms with Crippen LogP contribution >= 0.6 is 0 Å². The number of carbonyl (C=O) groups excluding carboxylic acids is 1. The zero-order valence-corrected chi connectivity index (χ0v) is 15.7. The van der Waals surface area contributed by atoms with E-state index in [1.54, 1.807) is 18.2 Å². The van der Waals surface area contributed by atoms with Crippen molar-refractivity contribution in [2.45, 2.75) is 18.9 Å². The zero-order chi connectivity index (χ0) is 19.8. The molecule has 1 amide bonds. The number of halogens is 1. The van der Waals surface area contributed by atoms with Gasteiger partial charge in [0, 0.05) is 12.6 Å². The topological polar surface area (TPSA) is 67.5 Å². The van der Waals surface area contributed by atoms with Crippen LogP contribution in [-0.2, 0) is 4.79 Å². The average molecular weight is 393 g/mol. The summed E-state index contributed by atoms with van der Waals surface area (Å²) in [6.07, 6.45) is 5.08. The highest BCUT2D eigenvalue weighted by Crippen LogP contribution is 2.33. The Kier molecular flexibility index (Phi) is 4.42. The molecule has 7 heteroatoms. The van der Waals surface area contributed by atoms with E-state index in [0.29, 0.717) is 42.4 Å². The molecule has 0 bridgehead atoms. The van der Waals surface area contributed by atoms with Crippen LogP contribution in [0.3, 0.4) is 0 Å². The Morgan fingerprint density at radius 2 is 2.03 bits per heavy atom. The molecular formula is C22H20FN3O3. The molecule has 3 heterocycles. The van der Waals surface area contributed by atoms with Gasteiger partial charge in [0.15, 0.2) is 11.5 Å². The number of hydrogen-bond acceptors (Lipinski definition) is 4. The summed E-state index contributed by atoms with van der Waals surface area (Å²) in [5.41, 5.74) is 2.22. The Bertz CT molecular complexity index is 1110. The van der Waals surface area contributed by atoms with Crippen LogP contribution in [0.4, 0.5) is 4.39 Å². The van der Waals surface area contributed by atoms with Gasteiger partial charge < -0.3 is 19.4 Å². The number of amides is 1. The summed E-state index contributed by atoms with van der Waals surface area (Å²) in [6.45, 7) is 1.74. The van der Waals surface area contributed by atoms with Crippen LogP contribution in [0.1, 0.15) is 30.3 Å². The quantitative estimate of drug-likeness (QED) is 0.687. The van der Waals surface area contributed by atoms with E-state index < -0.39 is 0 Å². The first-order valence-corrected chi connectivity index (χ1v) is 9.71. The minimum atomic E-state index is -0.311. The van der Waals surface area contributed by atoms with Crippen molar-refractivity contribution < 1.29 is 18.7 Å². The van der Waals surface area contributed by atoms with Crippen LogP contribution in [0.5, 0.6) is 11.5 Å². The van der Waals surface area contributed by atoms with E-state index in [4.69, 9.17) is 9.47 Å². The number of carbonyl (C=O) groups is 1. The Morgan fingerprint density at radius 1 is 1.17 bits per heavy atom. The Balaban J connectivity index is 1.35. The third-order valence-corrected chi connectivity index (χ3v) is 5.30. The number of nitrogens with zero attached hydrogens (tertiary/aromatic N) is 2. The second-order valence-electron chi connectivity index (χ2n) is 7.21. The van der Waals surface area contributed by atoms with E-state index in [2.05, 4.69) is 9.97 Å². The molecule has 1 aromatic heterocycles. The average Bonchev–Trinajstić information content (AvgIpc) is 3.38. The van der Waals surface area contributed by atoms with E-state index in [1.165, 1.54) is 12.1 Å². The Labute approximate surface area is 166 Å². The predicted octanol–water partition coefficient (Wildman–Crippen LogP) is 3.85. The van der Waals surface area contributed by atoms with E-state index in [9.17, 15) is 9.18 Å². The number of likely N-dealkylation sites (tertiary alicyclic amines) is 1. The molecule has 0 spiro atoms. The van der Waals surface area contributed by atoms with Gasteiger partial charge in [-0.3, -0.25) is 4.79 Å². The first-order chi connectivity index (χ1) is 14.2. The smallest absolute Gasteiger partial charge is 0.247 e. The minimum Gasteiger partial charge on any atom is -0.486 e. The summed E-state index contributed by atoms with van der Waals surface area (Å²) in [7, 11) is 0. The number of ether oxygens (including phenoxy) is 2. The molecule has 2 aliphatic rings. The summed E-state index contributed by atoms with van der Waals surface area (Å²) < 4.78 is 24.6. The lowest BCUT2D eigenvalue weighted by atomic mass is 10.1. The van der Waals surface area contributed by atoms with Crippen LogP contribution in [0.25, 0.3) is 17.1 Å². The maximum atomic E-state index is 13.5. The minimum absolute atomic E-state index is 0.0750. The van der Waals surface area contributed by atoms with Crippen LogP contribution in [0.15, 0.2) is 42.5 Å². The molecule has 5 rings (SSSR count). The number of hydrogen-bond donors (Lipinski definition) is 1. The van der Waals surface area contributed by atoms with Crippen molar-refractivity contribution in [3.05, 3.63) is 59.7 Å². The van der Waals surface area contributed by atoms with Gasteiger partial charge >= 0.3 is 0 Å². The fourth-order valence-electron chi connectivity index (χ4n) is 3.90. The molecule has 148 valence electrons. The molecule has 2 aliphatic heterocycles. The second kappa shape index (κ2) is 7.24. The Morgan fingerprint density at radius 3 is 2.93 bits per heavy atom. The summed E-state index contributed by atoms with van der Waals surface area (Å²) in [4.78, 5) is 22.4. The van der Waals surface area contributed by atoms with E-state index in [1.807, 2.05) is 23.1 Å². The number of fused-ring (bicyclic) bond motifs is 2. The molecule has 2 aromatic carbocycles. The highest BCUT2D eigenvalue weighted by atomic mass is 19.1. The van der Waals surface area contributed by atoms with E-state index in [0.717, 1.165) is 24.2 Å². The third-order valence-electron chi connectivity index (χ3n) is 5.30. The Hall–Kier alpha value is -3.35. The number of nitrogens with one attached hydrogen (secondary N) is 1. The normalized spacial score (nSPS) is 18.7. The van der Waals surface area contributed by atoms with Gasteiger partial charge in [0.1, 0.15) is 24.9 Å². The van der Waals surface area contributed by atoms with Crippen molar-refractivity contribution in [3.63, 3.8) is 0 Å². The van der Waals surface area contributed by atoms with Crippen molar-refractivity contribution in [2.24, 2.45) is 0 Å². The highest BCUT2D eigenvalue weighted by molar-refractivity contribution is 5.92. The van der Waals surface area contributed by atoms with E-state index in [-0.39, 0.29) is 17.8 Å². The lowest BCUT2D eigenvalue weighted by Crippen LogP contribution is -2.29. The van der Waals surface area contributed by atoms with Crippen LogP contribution < -0.4 is 9.47 Å². The van der Waals surface area contributed by atoms with Crippen molar-refractivity contribution >= 4 is 23.0 Å².